The van der Waals surface area contributed by atoms with Gasteiger partial charge in [0.05, 0.1) is 11.4 Å². The Morgan fingerprint density at radius 2 is 2.00 bits per heavy atom. The Kier molecular flexibility index (Phi) is 2.79. The average molecular weight is 269 g/mol. The highest BCUT2D eigenvalue weighted by Crippen LogP contribution is 2.21. The molecule has 100 valence electrons. The number of aryl methyl sites for hydroxylation is 1. The summed E-state index contributed by atoms with van der Waals surface area (Å²) in [6, 6.07) is 9.10. The number of hydrogen-bond acceptors (Lipinski definition) is 4. The molecule has 3 aromatic rings. The first-order chi connectivity index (χ1) is 9.65. The van der Waals surface area contributed by atoms with Crippen molar-refractivity contribution in [3.8, 4) is 16.9 Å². The van der Waals surface area contributed by atoms with Crippen molar-refractivity contribution in [1.29, 1.82) is 0 Å². The van der Waals surface area contributed by atoms with Gasteiger partial charge in [0.25, 0.3) is 0 Å². The van der Waals surface area contributed by atoms with Gasteiger partial charge in [-0.3, -0.25) is 4.68 Å². The van der Waals surface area contributed by atoms with Crippen LogP contribution in [0, 0.1) is 0 Å². The Morgan fingerprint density at radius 3 is 2.55 bits per heavy atom. The molecule has 0 fully saturated rings. The predicted molar refractivity (Wildman–Crippen MR) is 70.5 cm³/mol. The van der Waals surface area contributed by atoms with Gasteiger partial charge >= 0.3 is 5.97 Å². The van der Waals surface area contributed by atoms with Crippen LogP contribution >= 0.6 is 0 Å². The highest BCUT2D eigenvalue weighted by atomic mass is 16.4. The van der Waals surface area contributed by atoms with E-state index in [0.29, 0.717) is 0 Å². The van der Waals surface area contributed by atoms with E-state index in [-0.39, 0.29) is 5.69 Å². The van der Waals surface area contributed by atoms with Crippen molar-refractivity contribution >= 4 is 5.97 Å². The molecule has 0 aliphatic carbocycles. The van der Waals surface area contributed by atoms with Crippen LogP contribution in [0.3, 0.4) is 0 Å². The van der Waals surface area contributed by atoms with E-state index in [1.165, 1.54) is 6.33 Å². The van der Waals surface area contributed by atoms with E-state index in [9.17, 15) is 4.79 Å². The second-order valence-electron chi connectivity index (χ2n) is 4.23. The van der Waals surface area contributed by atoms with E-state index >= 15 is 0 Å². The number of aromatic nitrogens is 5. The molecular formula is C13H11N5O2. The SMILES string of the molecule is Cn1nc(C(=O)O)cc1-c1ccc(-n2cncn2)cc1. The Labute approximate surface area is 114 Å². The van der Waals surface area contributed by atoms with Crippen LogP contribution in [0.15, 0.2) is 43.0 Å². The van der Waals surface area contributed by atoms with Crippen LogP contribution < -0.4 is 0 Å². The topological polar surface area (TPSA) is 85.8 Å². The number of carbonyl (C=O) groups is 1. The average Bonchev–Trinajstić information content (AvgIpc) is 3.08. The molecule has 7 nitrogen and oxygen atoms in total. The predicted octanol–water partition coefficient (Wildman–Crippen LogP) is 1.37. The summed E-state index contributed by atoms with van der Waals surface area (Å²) in [5.41, 5.74) is 2.54. The molecular weight excluding hydrogens is 258 g/mol. The van der Waals surface area contributed by atoms with Gasteiger partial charge in [0.15, 0.2) is 5.69 Å². The number of carboxylic acid groups (broad SMARTS) is 1. The van der Waals surface area contributed by atoms with E-state index in [4.69, 9.17) is 5.11 Å². The van der Waals surface area contributed by atoms with Gasteiger partial charge in [-0.15, -0.1) is 0 Å². The maximum atomic E-state index is 10.9. The third kappa shape index (κ3) is 2.05. The smallest absolute Gasteiger partial charge is 0.356 e. The largest absolute Gasteiger partial charge is 0.476 e. The van der Waals surface area contributed by atoms with Gasteiger partial charge in [-0.1, -0.05) is 12.1 Å². The van der Waals surface area contributed by atoms with Gasteiger partial charge in [0.1, 0.15) is 12.7 Å². The Morgan fingerprint density at radius 1 is 1.25 bits per heavy atom. The minimum absolute atomic E-state index is 0.0304. The van der Waals surface area contributed by atoms with Gasteiger partial charge in [0, 0.05) is 7.05 Å². The van der Waals surface area contributed by atoms with Crippen LogP contribution in [0.4, 0.5) is 0 Å². The van der Waals surface area contributed by atoms with E-state index in [1.807, 2.05) is 24.3 Å². The third-order valence-corrected chi connectivity index (χ3v) is 2.95. The van der Waals surface area contributed by atoms with Gasteiger partial charge in [-0.2, -0.15) is 10.2 Å². The van der Waals surface area contributed by atoms with Crippen LogP contribution in [0.2, 0.25) is 0 Å². The molecule has 0 amide bonds. The summed E-state index contributed by atoms with van der Waals surface area (Å²) in [5.74, 6) is -1.04. The van der Waals surface area contributed by atoms with Gasteiger partial charge in [0.2, 0.25) is 0 Å². The maximum Gasteiger partial charge on any atom is 0.356 e. The van der Waals surface area contributed by atoms with Gasteiger partial charge in [-0.05, 0) is 23.8 Å². The highest BCUT2D eigenvalue weighted by Gasteiger charge is 2.12. The van der Waals surface area contributed by atoms with Crippen LogP contribution in [-0.4, -0.2) is 35.6 Å². The normalized spacial score (nSPS) is 10.7. The molecule has 1 N–H and O–H groups in total. The first-order valence-corrected chi connectivity index (χ1v) is 5.88. The third-order valence-electron chi connectivity index (χ3n) is 2.95. The minimum atomic E-state index is -1.04. The zero-order valence-corrected chi connectivity index (χ0v) is 10.6. The maximum absolute atomic E-state index is 10.9. The number of nitrogens with zero attached hydrogens (tertiary/aromatic N) is 5. The molecule has 0 aliphatic heterocycles. The molecule has 0 saturated heterocycles. The fraction of sp³-hybridized carbons (Fsp3) is 0.0769. The lowest BCUT2D eigenvalue weighted by molar-refractivity contribution is 0.0689. The van der Waals surface area contributed by atoms with Crippen molar-refractivity contribution in [2.45, 2.75) is 0 Å². The molecule has 1 aromatic carbocycles. The second-order valence-corrected chi connectivity index (χ2v) is 4.23. The molecule has 3 rings (SSSR count). The van der Waals surface area contributed by atoms with Crippen molar-refractivity contribution in [1.82, 2.24) is 24.5 Å². The molecule has 20 heavy (non-hydrogen) atoms. The molecule has 2 heterocycles. The van der Waals surface area contributed by atoms with Crippen molar-refractivity contribution in [3.63, 3.8) is 0 Å². The number of carboxylic acids is 1. The molecule has 2 aromatic heterocycles. The van der Waals surface area contributed by atoms with Gasteiger partial charge < -0.3 is 5.11 Å². The lowest BCUT2D eigenvalue weighted by Crippen LogP contribution is -1.99. The van der Waals surface area contributed by atoms with Crippen LogP contribution in [-0.2, 0) is 7.05 Å². The Hall–Kier alpha value is -2.96. The fourth-order valence-corrected chi connectivity index (χ4v) is 1.97. The summed E-state index contributed by atoms with van der Waals surface area (Å²) in [5, 5.41) is 16.9. The number of aromatic carboxylic acids is 1. The van der Waals surface area contributed by atoms with Crippen molar-refractivity contribution in [2.24, 2.45) is 7.05 Å². The molecule has 0 saturated carbocycles. The summed E-state index contributed by atoms with van der Waals surface area (Å²) >= 11 is 0. The summed E-state index contributed by atoms with van der Waals surface area (Å²) < 4.78 is 3.20. The first kappa shape index (κ1) is 12.1. The molecule has 0 spiro atoms. The molecule has 0 atom stereocenters. The summed E-state index contributed by atoms with van der Waals surface area (Å²) in [6.07, 6.45) is 3.08. The monoisotopic (exact) mass is 269 g/mol. The standard InChI is InChI=1S/C13H11N5O2/c1-17-12(6-11(16-17)13(19)20)9-2-4-10(5-3-9)18-8-14-7-15-18/h2-8H,1H3,(H,19,20). The lowest BCUT2D eigenvalue weighted by atomic mass is 10.1. The molecule has 0 unspecified atom stereocenters. The molecule has 0 radical (unpaired) electrons. The summed E-state index contributed by atoms with van der Waals surface area (Å²) in [7, 11) is 1.72. The first-order valence-electron chi connectivity index (χ1n) is 5.88. The van der Waals surface area contributed by atoms with Crippen LogP contribution in [0.1, 0.15) is 10.5 Å². The van der Waals surface area contributed by atoms with Crippen molar-refractivity contribution in [3.05, 3.63) is 48.7 Å². The molecule has 0 aliphatic rings. The van der Waals surface area contributed by atoms with Gasteiger partial charge in [-0.25, -0.2) is 14.5 Å². The van der Waals surface area contributed by atoms with Crippen molar-refractivity contribution < 1.29 is 9.90 Å². The van der Waals surface area contributed by atoms with E-state index in [2.05, 4.69) is 15.2 Å². The zero-order valence-electron chi connectivity index (χ0n) is 10.6. The van der Waals surface area contributed by atoms with Crippen molar-refractivity contribution in [2.75, 3.05) is 0 Å². The summed E-state index contributed by atoms with van der Waals surface area (Å²) in [6.45, 7) is 0. The lowest BCUT2D eigenvalue weighted by Gasteiger charge is -2.04. The van der Waals surface area contributed by atoms with Crippen LogP contribution in [0.25, 0.3) is 16.9 Å². The zero-order chi connectivity index (χ0) is 14.1. The number of rotatable bonds is 3. The quantitative estimate of drug-likeness (QED) is 0.776. The van der Waals surface area contributed by atoms with E-state index in [1.54, 1.807) is 28.8 Å². The van der Waals surface area contributed by atoms with Crippen LogP contribution in [0.5, 0.6) is 0 Å². The highest BCUT2D eigenvalue weighted by molar-refractivity contribution is 5.87. The second kappa shape index (κ2) is 4.61. The van der Waals surface area contributed by atoms with E-state index < -0.39 is 5.97 Å². The van der Waals surface area contributed by atoms with E-state index in [0.717, 1.165) is 16.9 Å². The number of hydrogen-bond donors (Lipinski definition) is 1. The Balaban J connectivity index is 1.97. The minimum Gasteiger partial charge on any atom is -0.476 e. The molecule has 7 heteroatoms. The summed E-state index contributed by atoms with van der Waals surface area (Å²) in [4.78, 5) is 14.8. The fourth-order valence-electron chi connectivity index (χ4n) is 1.97. The number of benzene rings is 1. The molecule has 0 bridgehead atoms. The Bertz CT molecular complexity index is 744.